The van der Waals surface area contributed by atoms with Crippen molar-refractivity contribution < 1.29 is 62.1 Å². The molecule has 2 aliphatic rings. The molecule has 0 bridgehead atoms. The molecular weight excluding hydrogens is 259 g/mol. The summed E-state index contributed by atoms with van der Waals surface area (Å²) in [4.78, 5) is 16.5. The Bertz CT molecular complexity index is 606. The van der Waals surface area contributed by atoms with E-state index in [-0.39, 0.29) is 63.2 Å². The quantitative estimate of drug-likeness (QED) is 0.439. The number of aromatic nitrogens is 4. The van der Waals surface area contributed by atoms with E-state index in [0.29, 0.717) is 17.4 Å². The zero-order chi connectivity index (χ0) is 11.9. The van der Waals surface area contributed by atoms with Gasteiger partial charge in [-0.05, 0) is 17.4 Å². The fourth-order valence-electron chi connectivity index (χ4n) is 1.71. The predicted molar refractivity (Wildman–Crippen MR) is 60.2 cm³/mol. The van der Waals surface area contributed by atoms with E-state index in [1.54, 1.807) is 19.3 Å². The Morgan fingerprint density at radius 1 is 1.39 bits per heavy atom. The van der Waals surface area contributed by atoms with E-state index in [1.165, 1.54) is 6.08 Å². The molecule has 0 spiro atoms. The minimum atomic E-state index is -0.0876. The van der Waals surface area contributed by atoms with Crippen molar-refractivity contribution in [3.63, 3.8) is 0 Å². The Balaban J connectivity index is 0.000000902. The van der Waals surface area contributed by atoms with Gasteiger partial charge < -0.3 is 1.43 Å². The Morgan fingerprint density at radius 3 is 2.94 bits per heavy atom. The summed E-state index contributed by atoms with van der Waals surface area (Å²) in [5, 5.41) is 13.4. The smallest absolute Gasteiger partial charge is 1.00 e. The number of H-pyrrole nitrogens is 1. The third-order valence-corrected chi connectivity index (χ3v) is 2.74. The molecule has 1 N–H and O–H groups in total. The second-order valence-electron chi connectivity index (χ2n) is 3.85. The Labute approximate surface area is 147 Å². The summed E-state index contributed by atoms with van der Waals surface area (Å²) >= 11 is 0. The first kappa shape index (κ1) is 13.7. The van der Waals surface area contributed by atoms with Crippen LogP contribution in [0.25, 0.3) is 5.70 Å². The SMILES string of the molecule is C[N+]12C=CC=CC1=NC(c1nn[nH]n1)=CC2=O.[H-].[K+]. The van der Waals surface area contributed by atoms with Crippen molar-refractivity contribution >= 4 is 17.4 Å². The monoisotopic (exact) mass is 269 g/mol. The molecule has 7 nitrogen and oxygen atoms in total. The Morgan fingerprint density at radius 2 is 2.22 bits per heavy atom. The van der Waals surface area contributed by atoms with E-state index in [9.17, 15) is 4.79 Å². The standard InChI is InChI=1S/C10H8N6O.K.H/c1-16-5-3-2-4-8(16)11-7(6-9(16)17)10-12-14-15-13-10;;/h2-6H,1H3;;/q;+1;-1/p+1. The van der Waals surface area contributed by atoms with Gasteiger partial charge in [0.2, 0.25) is 11.7 Å². The van der Waals surface area contributed by atoms with Crippen LogP contribution in [0, 0.1) is 0 Å². The predicted octanol–water partition coefficient (Wildman–Crippen LogP) is -2.87. The van der Waals surface area contributed by atoms with Crippen molar-refractivity contribution in [2.45, 2.75) is 0 Å². The van der Waals surface area contributed by atoms with E-state index in [0.717, 1.165) is 0 Å². The molecule has 18 heavy (non-hydrogen) atoms. The van der Waals surface area contributed by atoms with E-state index in [4.69, 9.17) is 0 Å². The second-order valence-corrected chi connectivity index (χ2v) is 3.85. The van der Waals surface area contributed by atoms with Crippen molar-refractivity contribution in [2.24, 2.45) is 4.99 Å². The number of quaternary nitrogens is 1. The van der Waals surface area contributed by atoms with Gasteiger partial charge in [0, 0.05) is 6.08 Å². The number of amidine groups is 1. The molecule has 0 radical (unpaired) electrons. The van der Waals surface area contributed by atoms with E-state index in [1.807, 2.05) is 12.2 Å². The number of aromatic amines is 1. The van der Waals surface area contributed by atoms with Crippen LogP contribution in [-0.2, 0) is 4.79 Å². The Kier molecular flexibility index (Phi) is 3.85. The van der Waals surface area contributed by atoms with Crippen molar-refractivity contribution in [1.29, 1.82) is 0 Å². The van der Waals surface area contributed by atoms with E-state index >= 15 is 0 Å². The summed E-state index contributed by atoms with van der Waals surface area (Å²) in [6, 6.07) is 0. The van der Waals surface area contributed by atoms with Crippen LogP contribution in [0.5, 0.6) is 0 Å². The van der Waals surface area contributed by atoms with Crippen LogP contribution < -0.4 is 51.4 Å². The molecule has 0 aliphatic carbocycles. The average molecular weight is 269 g/mol. The third kappa shape index (κ3) is 2.11. The molecule has 0 saturated carbocycles. The molecule has 1 amide bonds. The summed E-state index contributed by atoms with van der Waals surface area (Å²) in [5.41, 5.74) is 0.425. The van der Waals surface area contributed by atoms with E-state index < -0.39 is 0 Å². The molecule has 0 saturated heterocycles. The van der Waals surface area contributed by atoms with Gasteiger partial charge >= 0.3 is 57.3 Å². The molecule has 1 atom stereocenters. The number of nitrogens with zero attached hydrogens (tertiary/aromatic N) is 5. The first-order chi connectivity index (χ1) is 8.20. The number of likely N-dealkylation sites (N-methyl/N-ethyl adjacent to an activating group) is 1. The van der Waals surface area contributed by atoms with Gasteiger partial charge in [-0.1, -0.05) is 0 Å². The van der Waals surface area contributed by atoms with Gasteiger partial charge in [-0.2, -0.15) is 14.7 Å². The molecule has 86 valence electrons. The van der Waals surface area contributed by atoms with Crippen molar-refractivity contribution in [1.82, 2.24) is 20.6 Å². The van der Waals surface area contributed by atoms with Crippen LogP contribution in [0.4, 0.5) is 0 Å². The van der Waals surface area contributed by atoms with Crippen molar-refractivity contribution in [3.05, 3.63) is 36.3 Å². The number of hydrogen-bond acceptors (Lipinski definition) is 5. The normalized spacial score (nSPS) is 25.1. The summed E-state index contributed by atoms with van der Waals surface area (Å²) in [6.45, 7) is 0. The maximum Gasteiger partial charge on any atom is 1.00 e. The number of aliphatic imine (C=N–C) groups is 1. The second kappa shape index (κ2) is 5.07. The zero-order valence-electron chi connectivity index (χ0n) is 11.0. The molecule has 3 rings (SSSR count). The van der Waals surface area contributed by atoms with Crippen molar-refractivity contribution in [2.75, 3.05) is 7.05 Å². The molecule has 1 unspecified atom stereocenters. The fourth-order valence-corrected chi connectivity index (χ4v) is 1.71. The number of tetrazole rings is 1. The molecule has 0 aromatic carbocycles. The van der Waals surface area contributed by atoms with Crippen LogP contribution in [0.3, 0.4) is 0 Å². The number of rotatable bonds is 1. The summed E-state index contributed by atoms with van der Waals surface area (Å²) in [6.07, 6.45) is 8.67. The molecule has 8 heteroatoms. The number of nitrogens with one attached hydrogen (secondary N) is 1. The van der Waals surface area contributed by atoms with Gasteiger partial charge in [0.05, 0.1) is 13.1 Å². The van der Waals surface area contributed by atoms with Crippen LogP contribution in [0.2, 0.25) is 0 Å². The van der Waals surface area contributed by atoms with E-state index in [2.05, 4.69) is 25.6 Å². The molecular formula is C10H10KN6O+. The van der Waals surface area contributed by atoms with Crippen LogP contribution in [0.1, 0.15) is 7.25 Å². The average Bonchev–Trinajstić information content (AvgIpc) is 2.84. The summed E-state index contributed by atoms with van der Waals surface area (Å²) in [5.74, 6) is 0.871. The van der Waals surface area contributed by atoms with Gasteiger partial charge in [0.25, 0.3) is 0 Å². The molecule has 2 aliphatic heterocycles. The van der Waals surface area contributed by atoms with Crippen LogP contribution in [0.15, 0.2) is 35.5 Å². The van der Waals surface area contributed by atoms with Gasteiger partial charge in [-0.15, -0.1) is 10.2 Å². The van der Waals surface area contributed by atoms with Gasteiger partial charge in [0.15, 0.2) is 0 Å². The Hall–Kier alpha value is -0.774. The number of hydrogen-bond donors (Lipinski definition) is 1. The number of fused-ring (bicyclic) bond motifs is 1. The maximum absolute atomic E-state index is 12.1. The third-order valence-electron chi connectivity index (χ3n) is 2.74. The molecule has 1 aromatic heterocycles. The van der Waals surface area contributed by atoms with Crippen LogP contribution >= 0.6 is 0 Å². The summed E-state index contributed by atoms with van der Waals surface area (Å²) < 4.78 is 0.0395. The van der Waals surface area contributed by atoms with Crippen LogP contribution in [-0.4, -0.2) is 43.9 Å². The minimum Gasteiger partial charge on any atom is -1.00 e. The summed E-state index contributed by atoms with van der Waals surface area (Å²) in [7, 11) is 1.78. The topological polar surface area (TPSA) is 83.9 Å². The number of carbonyl (C=O) groups is 1. The minimum absolute atomic E-state index is 0. The first-order valence-electron chi connectivity index (χ1n) is 5.01. The molecule has 0 fully saturated rings. The van der Waals surface area contributed by atoms with Gasteiger partial charge in [-0.25, -0.2) is 4.79 Å². The fraction of sp³-hybridized carbons (Fsp3) is 0.100. The van der Waals surface area contributed by atoms with Gasteiger partial charge in [-0.3, -0.25) is 0 Å². The zero-order valence-corrected chi connectivity index (χ0v) is 13.2. The van der Waals surface area contributed by atoms with Crippen molar-refractivity contribution in [3.8, 4) is 0 Å². The maximum atomic E-state index is 12.1. The van der Waals surface area contributed by atoms with Gasteiger partial charge in [0.1, 0.15) is 11.9 Å². The largest absolute Gasteiger partial charge is 1.00 e. The first-order valence-corrected chi connectivity index (χ1v) is 5.01. The molecule has 3 heterocycles. The number of carbonyl (C=O) groups excluding carboxylic acids is 1. The number of allylic oxidation sites excluding steroid dienone is 2. The molecule has 1 aromatic rings. The number of amides is 1.